The van der Waals surface area contributed by atoms with Crippen molar-refractivity contribution in [1.82, 2.24) is 5.32 Å². The summed E-state index contributed by atoms with van der Waals surface area (Å²) in [6.45, 7) is 2.19. The first-order valence-electron chi connectivity index (χ1n) is 5.08. The second-order valence-corrected chi connectivity index (χ2v) is 3.75. The number of nitro groups is 1. The molecule has 1 aliphatic heterocycles. The Morgan fingerprint density at radius 2 is 2.41 bits per heavy atom. The Bertz CT molecular complexity index is 486. The number of nitrogens with one attached hydrogen (secondary N) is 1. The standard InChI is InChI=1S/C10H12N4O3/c1-6-5-17-9-7(10(12-6)13-11)3-2-4-8(9)14(15)16/h2-4,6H,5,11H2,1H3,(H,12,13). The van der Waals surface area contributed by atoms with E-state index in [0.717, 1.165) is 0 Å². The fourth-order valence-electron chi connectivity index (χ4n) is 1.67. The highest BCUT2D eigenvalue weighted by atomic mass is 16.6. The quantitative estimate of drug-likeness (QED) is 0.422. The van der Waals surface area contributed by atoms with Crippen LogP contribution in [0.3, 0.4) is 0 Å². The molecule has 0 fully saturated rings. The van der Waals surface area contributed by atoms with Gasteiger partial charge in [0.2, 0.25) is 5.75 Å². The van der Waals surface area contributed by atoms with Gasteiger partial charge in [-0.3, -0.25) is 10.1 Å². The van der Waals surface area contributed by atoms with Crippen molar-refractivity contribution in [3.63, 3.8) is 0 Å². The van der Waals surface area contributed by atoms with E-state index in [9.17, 15) is 10.1 Å². The largest absolute Gasteiger partial charge is 0.484 e. The minimum atomic E-state index is -0.483. The van der Waals surface area contributed by atoms with Gasteiger partial charge in [-0.2, -0.15) is 5.10 Å². The number of hydrazone groups is 1. The van der Waals surface area contributed by atoms with Crippen LogP contribution in [0.2, 0.25) is 0 Å². The minimum Gasteiger partial charge on any atom is -0.484 e. The molecule has 7 nitrogen and oxygen atoms in total. The maximum atomic E-state index is 10.9. The average Bonchev–Trinajstić information content (AvgIpc) is 2.48. The highest BCUT2D eigenvalue weighted by molar-refractivity contribution is 6.02. The monoisotopic (exact) mass is 236 g/mol. The number of rotatable bonds is 1. The summed E-state index contributed by atoms with van der Waals surface area (Å²) in [4.78, 5) is 10.4. The fourth-order valence-corrected chi connectivity index (χ4v) is 1.67. The summed E-state index contributed by atoms with van der Waals surface area (Å²) in [5.74, 6) is 5.88. The molecule has 1 aliphatic rings. The van der Waals surface area contributed by atoms with Crippen molar-refractivity contribution in [3.05, 3.63) is 33.9 Å². The number of benzene rings is 1. The van der Waals surface area contributed by atoms with Gasteiger partial charge in [0.1, 0.15) is 6.61 Å². The smallest absolute Gasteiger partial charge is 0.311 e. The van der Waals surface area contributed by atoms with Gasteiger partial charge in [0, 0.05) is 6.07 Å². The van der Waals surface area contributed by atoms with E-state index in [-0.39, 0.29) is 17.5 Å². The molecule has 0 aliphatic carbocycles. The van der Waals surface area contributed by atoms with Crippen LogP contribution in [0.25, 0.3) is 0 Å². The Hall–Kier alpha value is -2.31. The molecule has 1 unspecified atom stereocenters. The number of nitrogens with two attached hydrogens (primary N) is 1. The first kappa shape index (κ1) is 11.2. The summed E-state index contributed by atoms with van der Waals surface area (Å²) >= 11 is 0. The van der Waals surface area contributed by atoms with E-state index in [2.05, 4.69) is 10.4 Å². The Morgan fingerprint density at radius 3 is 3.06 bits per heavy atom. The van der Waals surface area contributed by atoms with Gasteiger partial charge in [0.15, 0.2) is 5.84 Å². The van der Waals surface area contributed by atoms with Gasteiger partial charge >= 0.3 is 5.69 Å². The lowest BCUT2D eigenvalue weighted by molar-refractivity contribution is -0.385. The van der Waals surface area contributed by atoms with Crippen LogP contribution in [0, 0.1) is 10.1 Å². The Labute approximate surface area is 97.4 Å². The van der Waals surface area contributed by atoms with Gasteiger partial charge in [0.05, 0.1) is 16.5 Å². The van der Waals surface area contributed by atoms with E-state index in [1.54, 1.807) is 12.1 Å². The molecule has 90 valence electrons. The van der Waals surface area contributed by atoms with E-state index < -0.39 is 4.92 Å². The molecule has 0 spiro atoms. The van der Waals surface area contributed by atoms with Gasteiger partial charge in [-0.1, -0.05) is 6.07 Å². The predicted molar refractivity (Wildman–Crippen MR) is 61.9 cm³/mol. The van der Waals surface area contributed by atoms with E-state index in [4.69, 9.17) is 10.6 Å². The maximum Gasteiger partial charge on any atom is 0.311 e. The molecule has 1 heterocycles. The zero-order valence-corrected chi connectivity index (χ0v) is 9.21. The highest BCUT2D eigenvalue weighted by Gasteiger charge is 2.26. The van der Waals surface area contributed by atoms with Gasteiger partial charge in [0.25, 0.3) is 0 Å². The lowest BCUT2D eigenvalue weighted by Crippen LogP contribution is -2.35. The molecule has 1 atom stereocenters. The van der Waals surface area contributed by atoms with Crippen LogP contribution in [-0.2, 0) is 0 Å². The van der Waals surface area contributed by atoms with Crippen molar-refractivity contribution < 1.29 is 9.66 Å². The zero-order chi connectivity index (χ0) is 12.4. The topological polar surface area (TPSA) is 103 Å². The number of hydrogen-bond acceptors (Lipinski definition) is 5. The summed E-state index contributed by atoms with van der Waals surface area (Å²) < 4.78 is 5.44. The number of fused-ring (bicyclic) bond motifs is 1. The van der Waals surface area contributed by atoms with E-state index in [1.807, 2.05) is 6.92 Å². The molecular formula is C10H12N4O3. The molecule has 0 radical (unpaired) electrons. The van der Waals surface area contributed by atoms with E-state index in [1.165, 1.54) is 6.07 Å². The lowest BCUT2D eigenvalue weighted by atomic mass is 10.1. The van der Waals surface area contributed by atoms with Crippen LogP contribution >= 0.6 is 0 Å². The number of nitro benzene ring substituents is 1. The highest BCUT2D eigenvalue weighted by Crippen LogP contribution is 2.32. The average molecular weight is 236 g/mol. The molecule has 17 heavy (non-hydrogen) atoms. The molecule has 0 saturated carbocycles. The third-order valence-corrected chi connectivity index (χ3v) is 2.44. The second-order valence-electron chi connectivity index (χ2n) is 3.75. The summed E-state index contributed by atoms with van der Waals surface area (Å²) in [6.07, 6.45) is 0. The van der Waals surface area contributed by atoms with Crippen molar-refractivity contribution in [2.75, 3.05) is 6.61 Å². The lowest BCUT2D eigenvalue weighted by Gasteiger charge is -2.09. The van der Waals surface area contributed by atoms with Crippen LogP contribution in [0.1, 0.15) is 12.5 Å². The molecule has 1 aromatic rings. The summed E-state index contributed by atoms with van der Waals surface area (Å²) in [6, 6.07) is 4.62. The Balaban J connectivity index is 2.58. The first-order chi connectivity index (χ1) is 8.13. The molecule has 2 rings (SSSR count). The molecule has 3 N–H and O–H groups in total. The molecule has 0 saturated heterocycles. The summed E-state index contributed by atoms with van der Waals surface area (Å²) in [7, 11) is 0. The van der Waals surface area contributed by atoms with E-state index >= 15 is 0 Å². The van der Waals surface area contributed by atoms with Gasteiger partial charge in [-0.15, -0.1) is 0 Å². The van der Waals surface area contributed by atoms with Crippen LogP contribution in [0.5, 0.6) is 5.75 Å². The zero-order valence-electron chi connectivity index (χ0n) is 9.21. The van der Waals surface area contributed by atoms with Crippen molar-refractivity contribution in [3.8, 4) is 5.75 Å². The second kappa shape index (κ2) is 4.28. The van der Waals surface area contributed by atoms with Crippen molar-refractivity contribution in [1.29, 1.82) is 0 Å². The molecule has 0 aromatic heterocycles. The number of ether oxygens (including phenoxy) is 1. The molecular weight excluding hydrogens is 224 g/mol. The van der Waals surface area contributed by atoms with Gasteiger partial charge in [-0.05, 0) is 13.0 Å². The maximum absolute atomic E-state index is 10.9. The van der Waals surface area contributed by atoms with Crippen molar-refractivity contribution in [2.24, 2.45) is 10.9 Å². The minimum absolute atomic E-state index is 0.0238. The van der Waals surface area contributed by atoms with Crippen LogP contribution in [0.15, 0.2) is 23.3 Å². The van der Waals surface area contributed by atoms with Crippen molar-refractivity contribution >= 4 is 11.5 Å². The molecule has 0 bridgehead atoms. The van der Waals surface area contributed by atoms with Crippen molar-refractivity contribution in [2.45, 2.75) is 13.0 Å². The summed E-state index contributed by atoms with van der Waals surface area (Å²) in [5.41, 5.74) is 0.422. The molecule has 0 amide bonds. The SMILES string of the molecule is CC1COc2c(cccc2[N+](=O)[O-])/C(=N/N)N1. The Morgan fingerprint density at radius 1 is 1.65 bits per heavy atom. The van der Waals surface area contributed by atoms with Crippen LogP contribution in [-0.4, -0.2) is 23.4 Å². The normalized spacial score (nSPS) is 21.0. The molecule has 7 heteroatoms. The number of para-hydroxylation sites is 1. The van der Waals surface area contributed by atoms with Gasteiger partial charge < -0.3 is 15.9 Å². The third-order valence-electron chi connectivity index (χ3n) is 2.44. The van der Waals surface area contributed by atoms with E-state index in [0.29, 0.717) is 18.0 Å². The predicted octanol–water partition coefficient (Wildman–Crippen LogP) is 0.586. The number of amidine groups is 1. The first-order valence-corrected chi connectivity index (χ1v) is 5.08. The fraction of sp³-hybridized carbons (Fsp3) is 0.300. The molecule has 1 aromatic carbocycles. The number of nitrogens with zero attached hydrogens (tertiary/aromatic N) is 2. The van der Waals surface area contributed by atoms with Crippen LogP contribution < -0.4 is 15.9 Å². The Kier molecular flexibility index (Phi) is 2.82. The van der Waals surface area contributed by atoms with Crippen LogP contribution in [0.4, 0.5) is 5.69 Å². The summed E-state index contributed by atoms with van der Waals surface area (Å²) in [5, 5.41) is 17.5. The third kappa shape index (κ3) is 1.99. The number of hydrogen-bond donors (Lipinski definition) is 2. The van der Waals surface area contributed by atoms with Gasteiger partial charge in [-0.25, -0.2) is 0 Å².